The van der Waals surface area contributed by atoms with Crippen LogP contribution in [-0.4, -0.2) is 0 Å². The Kier molecular flexibility index (Phi) is 4.16. The minimum absolute atomic E-state index is 0.274. The summed E-state index contributed by atoms with van der Waals surface area (Å²) in [6.07, 6.45) is -4.43. The summed E-state index contributed by atoms with van der Waals surface area (Å²) in [6, 6.07) is 21.7. The Bertz CT molecular complexity index is 776. The molecule has 0 saturated carbocycles. The van der Waals surface area contributed by atoms with Crippen molar-refractivity contribution in [3.8, 4) is 0 Å². The molecule has 0 aliphatic rings. The number of hydrogen-bond acceptors (Lipinski definition) is 2. The molecule has 0 spiro atoms. The molecule has 2 nitrogen and oxygen atoms in total. The third kappa shape index (κ3) is 3.20. The zero-order chi connectivity index (χ0) is 17.2. The van der Waals surface area contributed by atoms with Crippen molar-refractivity contribution in [1.29, 1.82) is 0 Å². The molecule has 24 heavy (non-hydrogen) atoms. The standard InChI is InChI=1S/C19H15F3N2/c20-19(21,22)14-11-12-17(23)18(13-14)24(15-7-3-1-4-8-15)16-9-5-2-6-10-16/h1-13H,23H2. The fourth-order valence-electron chi connectivity index (χ4n) is 2.50. The number of halogens is 3. The molecule has 0 heterocycles. The molecule has 0 aliphatic heterocycles. The molecular formula is C19H15F3N2. The van der Waals surface area contributed by atoms with E-state index in [1.54, 1.807) is 4.90 Å². The van der Waals surface area contributed by atoms with Gasteiger partial charge in [-0.3, -0.25) is 0 Å². The van der Waals surface area contributed by atoms with E-state index in [-0.39, 0.29) is 5.69 Å². The lowest BCUT2D eigenvalue weighted by Gasteiger charge is -2.27. The van der Waals surface area contributed by atoms with E-state index in [1.807, 2.05) is 60.7 Å². The SMILES string of the molecule is Nc1ccc(C(F)(F)F)cc1N(c1ccccc1)c1ccccc1. The van der Waals surface area contributed by atoms with Gasteiger partial charge in [-0.1, -0.05) is 36.4 Å². The summed E-state index contributed by atoms with van der Waals surface area (Å²) < 4.78 is 39.3. The Morgan fingerprint density at radius 3 is 1.67 bits per heavy atom. The van der Waals surface area contributed by atoms with Crippen LogP contribution in [0.1, 0.15) is 5.56 Å². The van der Waals surface area contributed by atoms with Gasteiger partial charge in [-0.15, -0.1) is 0 Å². The molecular weight excluding hydrogens is 313 g/mol. The summed E-state index contributed by atoms with van der Waals surface area (Å²) in [5.74, 6) is 0. The Hall–Kier alpha value is -2.95. The molecule has 122 valence electrons. The van der Waals surface area contributed by atoms with Crippen molar-refractivity contribution in [1.82, 2.24) is 0 Å². The van der Waals surface area contributed by atoms with Crippen molar-refractivity contribution in [3.63, 3.8) is 0 Å². The monoisotopic (exact) mass is 328 g/mol. The molecule has 0 bridgehead atoms. The van der Waals surface area contributed by atoms with Crippen LogP contribution in [0.15, 0.2) is 78.9 Å². The third-order valence-electron chi connectivity index (χ3n) is 3.63. The second-order valence-electron chi connectivity index (χ2n) is 5.28. The normalized spacial score (nSPS) is 11.3. The van der Waals surface area contributed by atoms with Crippen LogP contribution in [0.3, 0.4) is 0 Å². The van der Waals surface area contributed by atoms with E-state index in [1.165, 1.54) is 6.07 Å². The van der Waals surface area contributed by atoms with Crippen LogP contribution in [0, 0.1) is 0 Å². The lowest BCUT2D eigenvalue weighted by molar-refractivity contribution is -0.137. The van der Waals surface area contributed by atoms with Crippen molar-refractivity contribution in [2.45, 2.75) is 6.18 Å². The maximum absolute atomic E-state index is 13.1. The first kappa shape index (κ1) is 15.9. The summed E-state index contributed by atoms with van der Waals surface area (Å²) in [5, 5.41) is 0. The highest BCUT2D eigenvalue weighted by Crippen LogP contribution is 2.40. The molecule has 3 aromatic rings. The number of nitrogens with zero attached hydrogens (tertiary/aromatic N) is 1. The van der Waals surface area contributed by atoms with Gasteiger partial charge in [0, 0.05) is 11.4 Å². The number of para-hydroxylation sites is 2. The van der Waals surface area contributed by atoms with E-state index in [9.17, 15) is 13.2 Å². The predicted octanol–water partition coefficient (Wildman–Crippen LogP) is 5.76. The fraction of sp³-hybridized carbons (Fsp3) is 0.0526. The first-order chi connectivity index (χ1) is 11.5. The number of nitrogen functional groups attached to an aromatic ring is 1. The summed E-state index contributed by atoms with van der Waals surface area (Å²) in [7, 11) is 0. The van der Waals surface area contributed by atoms with Gasteiger partial charge in [0.1, 0.15) is 0 Å². The van der Waals surface area contributed by atoms with Crippen molar-refractivity contribution < 1.29 is 13.2 Å². The second-order valence-corrected chi connectivity index (χ2v) is 5.28. The topological polar surface area (TPSA) is 29.3 Å². The van der Waals surface area contributed by atoms with E-state index < -0.39 is 11.7 Å². The van der Waals surface area contributed by atoms with E-state index in [2.05, 4.69) is 0 Å². The molecule has 2 N–H and O–H groups in total. The summed E-state index contributed by atoms with van der Waals surface area (Å²) >= 11 is 0. The highest BCUT2D eigenvalue weighted by Gasteiger charge is 2.31. The van der Waals surface area contributed by atoms with Gasteiger partial charge in [0.2, 0.25) is 0 Å². The highest BCUT2D eigenvalue weighted by atomic mass is 19.4. The van der Waals surface area contributed by atoms with Crippen LogP contribution in [0.2, 0.25) is 0 Å². The molecule has 0 unspecified atom stereocenters. The third-order valence-corrected chi connectivity index (χ3v) is 3.63. The van der Waals surface area contributed by atoms with Crippen LogP contribution < -0.4 is 10.6 Å². The van der Waals surface area contributed by atoms with Gasteiger partial charge in [-0.25, -0.2) is 0 Å². The highest BCUT2D eigenvalue weighted by molar-refractivity contribution is 5.83. The lowest BCUT2D eigenvalue weighted by atomic mass is 10.1. The smallest absolute Gasteiger partial charge is 0.397 e. The molecule has 5 heteroatoms. The number of rotatable bonds is 3. The Morgan fingerprint density at radius 2 is 1.21 bits per heavy atom. The zero-order valence-corrected chi connectivity index (χ0v) is 12.7. The average Bonchev–Trinajstić information content (AvgIpc) is 2.58. The summed E-state index contributed by atoms with van der Waals surface area (Å²) in [5.41, 5.74) is 7.30. The number of nitrogens with two attached hydrogens (primary N) is 1. The maximum atomic E-state index is 13.1. The van der Waals surface area contributed by atoms with Crippen LogP contribution in [0.5, 0.6) is 0 Å². The molecule has 3 rings (SSSR count). The number of benzene rings is 3. The Morgan fingerprint density at radius 1 is 0.708 bits per heavy atom. The first-order valence-corrected chi connectivity index (χ1v) is 7.34. The molecule has 0 saturated heterocycles. The van der Waals surface area contributed by atoms with E-state index in [4.69, 9.17) is 5.73 Å². The van der Waals surface area contributed by atoms with Gasteiger partial charge >= 0.3 is 6.18 Å². The minimum Gasteiger partial charge on any atom is -0.397 e. The zero-order valence-electron chi connectivity index (χ0n) is 12.7. The van der Waals surface area contributed by atoms with Gasteiger partial charge < -0.3 is 10.6 Å². The number of alkyl halides is 3. The van der Waals surface area contributed by atoms with Crippen molar-refractivity contribution in [2.75, 3.05) is 10.6 Å². The Labute approximate surface area is 138 Å². The first-order valence-electron chi connectivity index (χ1n) is 7.34. The molecule has 0 atom stereocenters. The van der Waals surface area contributed by atoms with Crippen molar-refractivity contribution in [2.24, 2.45) is 0 Å². The van der Waals surface area contributed by atoms with Gasteiger partial charge in [0.05, 0.1) is 16.9 Å². The molecule has 0 aromatic heterocycles. The molecule has 0 radical (unpaired) electrons. The van der Waals surface area contributed by atoms with Gasteiger partial charge in [-0.05, 0) is 42.5 Å². The second kappa shape index (κ2) is 6.28. The largest absolute Gasteiger partial charge is 0.416 e. The summed E-state index contributed by atoms with van der Waals surface area (Å²) in [4.78, 5) is 1.71. The van der Waals surface area contributed by atoms with E-state index in [0.29, 0.717) is 5.69 Å². The van der Waals surface area contributed by atoms with E-state index >= 15 is 0 Å². The number of hydrogen-bond donors (Lipinski definition) is 1. The average molecular weight is 328 g/mol. The van der Waals surface area contributed by atoms with Gasteiger partial charge in [0.25, 0.3) is 0 Å². The fourth-order valence-corrected chi connectivity index (χ4v) is 2.50. The van der Waals surface area contributed by atoms with E-state index in [0.717, 1.165) is 23.5 Å². The maximum Gasteiger partial charge on any atom is 0.416 e. The Balaban J connectivity index is 2.20. The van der Waals surface area contributed by atoms with Crippen molar-refractivity contribution in [3.05, 3.63) is 84.4 Å². The minimum atomic E-state index is -4.43. The van der Waals surface area contributed by atoms with Crippen LogP contribution >= 0.6 is 0 Å². The van der Waals surface area contributed by atoms with Gasteiger partial charge in [0.15, 0.2) is 0 Å². The molecule has 0 amide bonds. The van der Waals surface area contributed by atoms with Crippen LogP contribution in [-0.2, 0) is 6.18 Å². The lowest BCUT2D eigenvalue weighted by Crippen LogP contribution is -2.14. The predicted molar refractivity (Wildman–Crippen MR) is 90.5 cm³/mol. The summed E-state index contributed by atoms with van der Waals surface area (Å²) in [6.45, 7) is 0. The molecule has 3 aromatic carbocycles. The van der Waals surface area contributed by atoms with Crippen molar-refractivity contribution >= 4 is 22.7 Å². The quantitative estimate of drug-likeness (QED) is 0.620. The number of anilines is 4. The van der Waals surface area contributed by atoms with Crippen LogP contribution in [0.4, 0.5) is 35.9 Å². The van der Waals surface area contributed by atoms with Gasteiger partial charge in [-0.2, -0.15) is 13.2 Å². The van der Waals surface area contributed by atoms with Crippen LogP contribution in [0.25, 0.3) is 0 Å². The molecule has 0 fully saturated rings. The molecule has 0 aliphatic carbocycles.